The SMILES string of the molecule is COc1ccc(N2CCOCC2)c2sc(NC(=O)c3ccnc(N(C)C4CCCCC4)c3)nc12. The van der Waals surface area contributed by atoms with E-state index >= 15 is 0 Å². The fourth-order valence-electron chi connectivity index (χ4n) is 4.82. The number of nitrogens with one attached hydrogen (secondary N) is 1. The molecule has 1 aliphatic heterocycles. The summed E-state index contributed by atoms with van der Waals surface area (Å²) in [5.74, 6) is 1.34. The predicted molar refractivity (Wildman–Crippen MR) is 137 cm³/mol. The molecule has 1 N–H and O–H groups in total. The second-order valence-electron chi connectivity index (χ2n) is 8.84. The minimum Gasteiger partial charge on any atom is -0.494 e. The molecule has 2 aliphatic rings. The van der Waals surface area contributed by atoms with E-state index in [-0.39, 0.29) is 5.91 Å². The molecule has 2 fully saturated rings. The largest absolute Gasteiger partial charge is 0.494 e. The molecule has 3 heterocycles. The van der Waals surface area contributed by atoms with Gasteiger partial charge in [-0.25, -0.2) is 9.97 Å². The Morgan fingerprint density at radius 3 is 2.76 bits per heavy atom. The molecule has 9 heteroatoms. The van der Waals surface area contributed by atoms with Gasteiger partial charge in [-0.1, -0.05) is 30.6 Å². The van der Waals surface area contributed by atoms with Crippen molar-refractivity contribution in [3.63, 3.8) is 0 Å². The number of carbonyl (C=O) groups excluding carboxylic acids is 1. The number of amides is 1. The smallest absolute Gasteiger partial charge is 0.257 e. The Kier molecular flexibility index (Phi) is 6.82. The van der Waals surface area contributed by atoms with Gasteiger partial charge in [0.2, 0.25) is 0 Å². The summed E-state index contributed by atoms with van der Waals surface area (Å²) < 4.78 is 12.1. The van der Waals surface area contributed by atoms with Gasteiger partial charge in [-0.2, -0.15) is 0 Å². The van der Waals surface area contributed by atoms with Crippen LogP contribution in [0.5, 0.6) is 5.75 Å². The second-order valence-corrected chi connectivity index (χ2v) is 9.84. The molecule has 1 aromatic carbocycles. The van der Waals surface area contributed by atoms with Crippen LogP contribution >= 0.6 is 11.3 Å². The van der Waals surface area contributed by atoms with Crippen LogP contribution in [-0.2, 0) is 4.74 Å². The van der Waals surface area contributed by atoms with Crippen LogP contribution in [0.2, 0.25) is 0 Å². The molecule has 0 unspecified atom stereocenters. The van der Waals surface area contributed by atoms with Crippen LogP contribution < -0.4 is 19.9 Å². The normalized spacial score (nSPS) is 17.1. The van der Waals surface area contributed by atoms with E-state index in [9.17, 15) is 4.79 Å². The highest BCUT2D eigenvalue weighted by atomic mass is 32.1. The summed E-state index contributed by atoms with van der Waals surface area (Å²) in [5, 5.41) is 3.55. The third-order valence-corrected chi connectivity index (χ3v) is 7.76. The summed E-state index contributed by atoms with van der Waals surface area (Å²) >= 11 is 1.47. The molecular weight excluding hydrogens is 450 g/mol. The minimum atomic E-state index is -0.188. The summed E-state index contributed by atoms with van der Waals surface area (Å²) in [6.45, 7) is 3.07. The number of nitrogens with zero attached hydrogens (tertiary/aromatic N) is 4. The molecule has 1 amide bonds. The average molecular weight is 482 g/mol. The van der Waals surface area contributed by atoms with Crippen molar-refractivity contribution in [2.24, 2.45) is 0 Å². The molecule has 0 spiro atoms. The first-order valence-electron chi connectivity index (χ1n) is 11.9. The number of thiazole rings is 1. The number of benzene rings is 1. The Hall–Kier alpha value is -2.91. The Labute approximate surface area is 203 Å². The van der Waals surface area contributed by atoms with Crippen molar-refractivity contribution in [2.75, 3.05) is 55.6 Å². The van der Waals surface area contributed by atoms with Crippen LogP contribution in [0.25, 0.3) is 10.2 Å². The second kappa shape index (κ2) is 10.1. The summed E-state index contributed by atoms with van der Waals surface area (Å²) in [7, 11) is 3.72. The molecule has 34 heavy (non-hydrogen) atoms. The fourth-order valence-corrected chi connectivity index (χ4v) is 5.84. The van der Waals surface area contributed by atoms with E-state index in [0.717, 1.165) is 34.8 Å². The maximum atomic E-state index is 13.1. The van der Waals surface area contributed by atoms with E-state index in [4.69, 9.17) is 14.5 Å². The van der Waals surface area contributed by atoms with Crippen molar-refractivity contribution in [3.8, 4) is 5.75 Å². The van der Waals surface area contributed by atoms with Crippen molar-refractivity contribution in [1.29, 1.82) is 0 Å². The average Bonchev–Trinajstić information content (AvgIpc) is 3.32. The van der Waals surface area contributed by atoms with Crippen molar-refractivity contribution in [2.45, 2.75) is 38.1 Å². The lowest BCUT2D eigenvalue weighted by Crippen LogP contribution is -2.36. The quantitative estimate of drug-likeness (QED) is 0.553. The monoisotopic (exact) mass is 481 g/mol. The predicted octanol–water partition coefficient (Wildman–Crippen LogP) is 4.56. The van der Waals surface area contributed by atoms with E-state index in [2.05, 4.69) is 33.2 Å². The number of methoxy groups -OCH3 is 1. The third kappa shape index (κ3) is 4.67. The van der Waals surface area contributed by atoms with Crippen LogP contribution in [0.4, 0.5) is 16.6 Å². The highest BCUT2D eigenvalue weighted by Crippen LogP contribution is 2.39. The molecule has 8 nitrogen and oxygen atoms in total. The highest BCUT2D eigenvalue weighted by Gasteiger charge is 2.22. The van der Waals surface area contributed by atoms with E-state index in [1.165, 1.54) is 43.4 Å². The minimum absolute atomic E-state index is 0.188. The van der Waals surface area contributed by atoms with Gasteiger partial charge in [-0.15, -0.1) is 0 Å². The number of aromatic nitrogens is 2. The summed E-state index contributed by atoms with van der Waals surface area (Å²) in [6.07, 6.45) is 7.87. The lowest BCUT2D eigenvalue weighted by molar-refractivity contribution is 0.102. The third-order valence-electron chi connectivity index (χ3n) is 6.77. The van der Waals surface area contributed by atoms with Crippen molar-refractivity contribution >= 4 is 44.1 Å². The molecule has 1 saturated heterocycles. The fraction of sp³-hybridized carbons (Fsp3) is 0.480. The van der Waals surface area contributed by atoms with Crippen LogP contribution in [0.3, 0.4) is 0 Å². The molecule has 0 atom stereocenters. The number of hydrogen-bond donors (Lipinski definition) is 1. The van der Waals surface area contributed by atoms with Crippen LogP contribution in [0, 0.1) is 0 Å². The Bertz CT molecular complexity index is 1150. The Morgan fingerprint density at radius 1 is 1.21 bits per heavy atom. The Morgan fingerprint density at radius 2 is 2.00 bits per heavy atom. The molecule has 1 saturated carbocycles. The van der Waals surface area contributed by atoms with Gasteiger partial charge in [0.1, 0.15) is 17.1 Å². The first-order chi connectivity index (χ1) is 16.6. The number of hydrogen-bond acceptors (Lipinski definition) is 8. The number of pyridine rings is 1. The van der Waals surface area contributed by atoms with E-state index < -0.39 is 0 Å². The molecule has 5 rings (SSSR count). The molecule has 180 valence electrons. The summed E-state index contributed by atoms with van der Waals surface area (Å²) in [6, 6.07) is 8.11. The van der Waals surface area contributed by atoms with Crippen molar-refractivity contribution in [3.05, 3.63) is 36.0 Å². The van der Waals surface area contributed by atoms with Gasteiger partial charge in [0.15, 0.2) is 5.13 Å². The number of morpholine rings is 1. The van der Waals surface area contributed by atoms with Gasteiger partial charge >= 0.3 is 0 Å². The maximum Gasteiger partial charge on any atom is 0.257 e. The number of carbonyl (C=O) groups is 1. The molecule has 1 aliphatic carbocycles. The maximum absolute atomic E-state index is 13.1. The van der Waals surface area contributed by atoms with Gasteiger partial charge in [0.05, 0.1) is 30.7 Å². The van der Waals surface area contributed by atoms with Crippen LogP contribution in [-0.4, -0.2) is 62.4 Å². The first kappa shape index (κ1) is 22.9. The van der Waals surface area contributed by atoms with Gasteiger partial charge in [0.25, 0.3) is 5.91 Å². The number of anilines is 3. The van der Waals surface area contributed by atoms with E-state index in [1.54, 1.807) is 19.4 Å². The molecule has 2 aromatic heterocycles. The van der Waals surface area contributed by atoms with Crippen molar-refractivity contribution in [1.82, 2.24) is 9.97 Å². The topological polar surface area (TPSA) is 79.8 Å². The summed E-state index contributed by atoms with van der Waals surface area (Å²) in [4.78, 5) is 26.9. The zero-order chi connectivity index (χ0) is 23.5. The zero-order valence-corrected chi connectivity index (χ0v) is 20.6. The highest BCUT2D eigenvalue weighted by molar-refractivity contribution is 7.23. The molecule has 0 bridgehead atoms. The summed E-state index contributed by atoms with van der Waals surface area (Å²) in [5.41, 5.74) is 2.43. The van der Waals surface area contributed by atoms with E-state index in [0.29, 0.717) is 35.7 Å². The number of fused-ring (bicyclic) bond motifs is 1. The molecule has 3 aromatic rings. The van der Waals surface area contributed by atoms with Gasteiger partial charge in [0, 0.05) is 37.9 Å². The Balaban J connectivity index is 1.38. The standard InChI is InChI=1S/C25H31N5O3S/c1-29(18-6-4-3-5-7-18)21-16-17(10-11-26-21)24(31)28-25-27-22-20(32-2)9-8-19(23(22)34-25)30-12-14-33-15-13-30/h8-11,16,18H,3-7,12-15H2,1-2H3,(H,27,28,31). The van der Waals surface area contributed by atoms with Crippen LogP contribution in [0.15, 0.2) is 30.5 Å². The zero-order valence-electron chi connectivity index (χ0n) is 19.7. The van der Waals surface area contributed by atoms with Gasteiger partial charge < -0.3 is 19.3 Å². The first-order valence-corrected chi connectivity index (χ1v) is 12.8. The molecule has 0 radical (unpaired) electrons. The lowest BCUT2D eigenvalue weighted by Gasteiger charge is -2.32. The van der Waals surface area contributed by atoms with Crippen molar-refractivity contribution < 1.29 is 14.3 Å². The molecular formula is C25H31N5O3S. The number of ether oxygens (including phenoxy) is 2. The van der Waals surface area contributed by atoms with E-state index in [1.807, 2.05) is 12.1 Å². The number of rotatable bonds is 6. The van der Waals surface area contributed by atoms with Gasteiger partial charge in [-0.3, -0.25) is 10.1 Å². The lowest BCUT2D eigenvalue weighted by atomic mass is 9.94. The van der Waals surface area contributed by atoms with Gasteiger partial charge in [-0.05, 0) is 37.1 Å². The van der Waals surface area contributed by atoms with Crippen LogP contribution in [0.1, 0.15) is 42.5 Å².